The first-order valence-electron chi connectivity index (χ1n) is 8.81. The second-order valence-electron chi connectivity index (χ2n) is 7.22. The van der Waals surface area contributed by atoms with Crippen LogP contribution in [0.4, 0.5) is 5.69 Å². The molecule has 0 radical (unpaired) electrons. The summed E-state index contributed by atoms with van der Waals surface area (Å²) in [7, 11) is -3.65. The van der Waals surface area contributed by atoms with Crippen molar-refractivity contribution in [2.24, 2.45) is 5.41 Å². The van der Waals surface area contributed by atoms with Gasteiger partial charge < -0.3 is 10.6 Å². The molecular weight excluding hydrogens is 350 g/mol. The Balaban J connectivity index is 1.92. The summed E-state index contributed by atoms with van der Waals surface area (Å²) in [5.74, 6) is -0.192. The molecule has 1 aliphatic rings. The van der Waals surface area contributed by atoms with Crippen LogP contribution < -0.4 is 15.4 Å². The lowest BCUT2D eigenvalue weighted by atomic mass is 9.81. The molecule has 1 saturated heterocycles. The predicted octanol–water partition coefficient (Wildman–Crippen LogP) is 2.47. The lowest BCUT2D eigenvalue weighted by Gasteiger charge is -2.34. The van der Waals surface area contributed by atoms with Crippen LogP contribution in [0.2, 0.25) is 0 Å². The van der Waals surface area contributed by atoms with Gasteiger partial charge in [0.25, 0.3) is 0 Å². The second-order valence-corrected chi connectivity index (χ2v) is 8.96. The van der Waals surface area contributed by atoms with E-state index < -0.39 is 10.0 Å². The molecule has 0 saturated carbocycles. The van der Waals surface area contributed by atoms with Gasteiger partial charge >= 0.3 is 0 Å². The van der Waals surface area contributed by atoms with E-state index in [-0.39, 0.29) is 16.2 Å². The summed E-state index contributed by atoms with van der Waals surface area (Å²) in [6.07, 6.45) is 1.88. The van der Waals surface area contributed by atoms with Crippen LogP contribution >= 0.6 is 0 Å². The molecule has 26 heavy (non-hydrogen) atoms. The Morgan fingerprint density at radius 1 is 1.12 bits per heavy atom. The molecule has 0 spiro atoms. The summed E-state index contributed by atoms with van der Waals surface area (Å²) >= 11 is 0. The second kappa shape index (κ2) is 7.34. The Labute approximate surface area is 154 Å². The van der Waals surface area contributed by atoms with Gasteiger partial charge in [0.1, 0.15) is 0 Å². The van der Waals surface area contributed by atoms with Gasteiger partial charge in [0.2, 0.25) is 15.9 Å². The number of anilines is 1. The molecule has 140 valence electrons. The van der Waals surface area contributed by atoms with Crippen LogP contribution in [0.3, 0.4) is 0 Å². The molecule has 0 atom stereocenters. The van der Waals surface area contributed by atoms with Crippen molar-refractivity contribution in [1.82, 2.24) is 10.0 Å². The van der Waals surface area contributed by atoms with E-state index >= 15 is 0 Å². The maximum atomic E-state index is 13.0. The Bertz CT molecular complexity index is 919. The highest BCUT2D eigenvalue weighted by Gasteiger charge is 2.29. The van der Waals surface area contributed by atoms with E-state index in [1.165, 1.54) is 6.92 Å². The molecule has 7 heteroatoms. The van der Waals surface area contributed by atoms with E-state index in [9.17, 15) is 13.2 Å². The molecule has 0 bridgehead atoms. The van der Waals surface area contributed by atoms with Crippen molar-refractivity contribution in [3.8, 4) is 0 Å². The van der Waals surface area contributed by atoms with Crippen LogP contribution in [-0.2, 0) is 14.8 Å². The smallest absolute Gasteiger partial charge is 0.241 e. The SMILES string of the molecule is CC(=O)Nc1ccc(S(=O)(=O)NCC2(C)CCNCC2)c2ccccc12. The monoisotopic (exact) mass is 375 g/mol. The number of amides is 1. The van der Waals surface area contributed by atoms with Gasteiger partial charge in [0.15, 0.2) is 0 Å². The number of hydrogen-bond donors (Lipinski definition) is 3. The van der Waals surface area contributed by atoms with Crippen LogP contribution in [0.1, 0.15) is 26.7 Å². The molecule has 0 unspecified atom stereocenters. The van der Waals surface area contributed by atoms with E-state index in [0.29, 0.717) is 23.0 Å². The average molecular weight is 375 g/mol. The number of benzene rings is 2. The largest absolute Gasteiger partial charge is 0.326 e. The van der Waals surface area contributed by atoms with Crippen molar-refractivity contribution >= 4 is 32.4 Å². The zero-order valence-corrected chi connectivity index (χ0v) is 15.9. The van der Waals surface area contributed by atoms with Crippen molar-refractivity contribution < 1.29 is 13.2 Å². The van der Waals surface area contributed by atoms with Gasteiger partial charge in [-0.05, 0) is 43.5 Å². The molecule has 3 rings (SSSR count). The zero-order valence-electron chi connectivity index (χ0n) is 15.1. The molecular formula is C19H25N3O3S. The minimum atomic E-state index is -3.65. The van der Waals surface area contributed by atoms with E-state index in [0.717, 1.165) is 25.9 Å². The minimum absolute atomic E-state index is 0.0375. The van der Waals surface area contributed by atoms with Crippen molar-refractivity contribution in [1.29, 1.82) is 0 Å². The number of carbonyl (C=O) groups is 1. The first-order chi connectivity index (χ1) is 12.3. The Morgan fingerprint density at radius 2 is 1.77 bits per heavy atom. The number of carbonyl (C=O) groups excluding carboxylic acids is 1. The molecule has 0 aliphatic carbocycles. The van der Waals surface area contributed by atoms with Crippen LogP contribution in [-0.4, -0.2) is 34.0 Å². The molecule has 3 N–H and O–H groups in total. The summed E-state index contributed by atoms with van der Waals surface area (Å²) in [5.41, 5.74) is 0.571. The number of hydrogen-bond acceptors (Lipinski definition) is 4. The number of nitrogens with one attached hydrogen (secondary N) is 3. The van der Waals surface area contributed by atoms with Gasteiger partial charge in [-0.3, -0.25) is 4.79 Å². The number of fused-ring (bicyclic) bond motifs is 1. The highest BCUT2D eigenvalue weighted by atomic mass is 32.2. The van der Waals surface area contributed by atoms with Crippen molar-refractivity contribution in [2.45, 2.75) is 31.6 Å². The third-order valence-electron chi connectivity index (χ3n) is 4.98. The van der Waals surface area contributed by atoms with Crippen molar-refractivity contribution in [2.75, 3.05) is 25.0 Å². The van der Waals surface area contributed by atoms with Gasteiger partial charge in [-0.2, -0.15) is 0 Å². The van der Waals surface area contributed by atoms with Crippen LogP contribution in [0.25, 0.3) is 10.8 Å². The maximum absolute atomic E-state index is 13.0. The fourth-order valence-corrected chi connectivity index (χ4v) is 4.77. The fraction of sp³-hybridized carbons (Fsp3) is 0.421. The lowest BCUT2D eigenvalue weighted by molar-refractivity contribution is -0.114. The van der Waals surface area contributed by atoms with Gasteiger partial charge in [-0.25, -0.2) is 13.1 Å². The molecule has 6 nitrogen and oxygen atoms in total. The quantitative estimate of drug-likeness (QED) is 0.749. The molecule has 1 fully saturated rings. The zero-order chi connectivity index (χ0) is 18.8. The molecule has 0 aromatic heterocycles. The highest BCUT2D eigenvalue weighted by Crippen LogP contribution is 2.31. The van der Waals surface area contributed by atoms with Crippen LogP contribution in [0, 0.1) is 5.41 Å². The summed E-state index contributed by atoms with van der Waals surface area (Å²) in [6, 6.07) is 10.4. The van der Waals surface area contributed by atoms with Gasteiger partial charge in [0, 0.05) is 29.9 Å². The Morgan fingerprint density at radius 3 is 2.42 bits per heavy atom. The minimum Gasteiger partial charge on any atom is -0.326 e. The standard InChI is InChI=1S/C19H25N3O3S/c1-14(23)22-17-7-8-18(16-6-4-3-5-15(16)17)26(24,25)21-13-19(2)9-11-20-12-10-19/h3-8,20-21H,9-13H2,1-2H3,(H,22,23). The van der Waals surface area contributed by atoms with E-state index in [4.69, 9.17) is 0 Å². The Hall–Kier alpha value is -1.96. The van der Waals surface area contributed by atoms with Crippen LogP contribution in [0.15, 0.2) is 41.3 Å². The summed E-state index contributed by atoms with van der Waals surface area (Å²) in [6.45, 7) is 5.78. The predicted molar refractivity (Wildman–Crippen MR) is 104 cm³/mol. The van der Waals surface area contributed by atoms with Crippen LogP contribution in [0.5, 0.6) is 0 Å². The molecule has 2 aromatic rings. The molecule has 2 aromatic carbocycles. The first-order valence-corrected chi connectivity index (χ1v) is 10.3. The third kappa shape index (κ3) is 4.06. The molecule has 1 amide bonds. The van der Waals surface area contributed by atoms with E-state index in [1.54, 1.807) is 24.3 Å². The first kappa shape index (κ1) is 18.8. The van der Waals surface area contributed by atoms with Gasteiger partial charge in [-0.15, -0.1) is 0 Å². The van der Waals surface area contributed by atoms with Crippen molar-refractivity contribution in [3.63, 3.8) is 0 Å². The lowest BCUT2D eigenvalue weighted by Crippen LogP contribution is -2.42. The normalized spacial score (nSPS) is 17.2. The van der Waals surface area contributed by atoms with Gasteiger partial charge in [-0.1, -0.05) is 31.2 Å². The Kier molecular flexibility index (Phi) is 5.32. The third-order valence-corrected chi connectivity index (χ3v) is 6.44. The van der Waals surface area contributed by atoms with E-state index in [1.807, 2.05) is 12.1 Å². The number of sulfonamides is 1. The fourth-order valence-electron chi connectivity index (χ4n) is 3.36. The molecule has 1 aliphatic heterocycles. The number of rotatable bonds is 5. The number of piperidine rings is 1. The summed E-state index contributed by atoms with van der Waals surface area (Å²) < 4.78 is 28.7. The summed E-state index contributed by atoms with van der Waals surface area (Å²) in [5, 5.41) is 7.36. The van der Waals surface area contributed by atoms with Crippen molar-refractivity contribution in [3.05, 3.63) is 36.4 Å². The average Bonchev–Trinajstić information content (AvgIpc) is 2.61. The molecule has 1 heterocycles. The van der Waals surface area contributed by atoms with E-state index in [2.05, 4.69) is 22.3 Å². The maximum Gasteiger partial charge on any atom is 0.241 e. The van der Waals surface area contributed by atoms with Gasteiger partial charge in [0.05, 0.1) is 4.90 Å². The highest BCUT2D eigenvalue weighted by molar-refractivity contribution is 7.89. The topological polar surface area (TPSA) is 87.3 Å². The summed E-state index contributed by atoms with van der Waals surface area (Å²) in [4.78, 5) is 11.6.